The quantitative estimate of drug-likeness (QED) is 0.716. The van der Waals surface area contributed by atoms with Crippen molar-refractivity contribution in [3.8, 4) is 23.1 Å². The Bertz CT molecular complexity index is 884. The van der Waals surface area contributed by atoms with Gasteiger partial charge in [0, 0.05) is 0 Å². The standard InChI is InChI=1S/C16H19N5O4/c1-22-10-5-9(6-11(23-2)13(10)24-3)7-21-8-18-12-14(21)19-16(17)20-15(12)25-4/h5-6,8H,7H2,1-4H3,(H2,17,19,20). The van der Waals surface area contributed by atoms with Gasteiger partial charge in [0.25, 0.3) is 0 Å². The van der Waals surface area contributed by atoms with Gasteiger partial charge in [0.2, 0.25) is 17.6 Å². The molecule has 9 nitrogen and oxygen atoms in total. The fourth-order valence-corrected chi connectivity index (χ4v) is 2.62. The molecular formula is C16H19N5O4. The van der Waals surface area contributed by atoms with Crippen molar-refractivity contribution in [3.63, 3.8) is 0 Å². The van der Waals surface area contributed by atoms with Crippen LogP contribution in [0.2, 0.25) is 0 Å². The van der Waals surface area contributed by atoms with Crippen molar-refractivity contribution in [1.82, 2.24) is 19.5 Å². The highest BCUT2D eigenvalue weighted by molar-refractivity contribution is 5.77. The summed E-state index contributed by atoms with van der Waals surface area (Å²) in [6.07, 6.45) is 1.66. The molecule has 0 radical (unpaired) electrons. The Morgan fingerprint density at radius 3 is 2.20 bits per heavy atom. The zero-order valence-electron chi connectivity index (χ0n) is 14.4. The molecule has 3 aromatic rings. The van der Waals surface area contributed by atoms with Crippen LogP contribution in [0.15, 0.2) is 18.5 Å². The van der Waals surface area contributed by atoms with Crippen LogP contribution in [-0.2, 0) is 6.54 Å². The van der Waals surface area contributed by atoms with E-state index >= 15 is 0 Å². The van der Waals surface area contributed by atoms with Gasteiger partial charge in [-0.25, -0.2) is 4.98 Å². The first-order chi connectivity index (χ1) is 12.1. The molecule has 0 aliphatic rings. The van der Waals surface area contributed by atoms with Crippen LogP contribution in [0.3, 0.4) is 0 Å². The molecule has 2 heterocycles. The van der Waals surface area contributed by atoms with Crippen LogP contribution in [0.25, 0.3) is 11.2 Å². The highest BCUT2D eigenvalue weighted by Crippen LogP contribution is 2.38. The predicted molar refractivity (Wildman–Crippen MR) is 91.5 cm³/mol. The van der Waals surface area contributed by atoms with E-state index in [2.05, 4.69) is 15.0 Å². The Morgan fingerprint density at radius 2 is 1.64 bits per heavy atom. The summed E-state index contributed by atoms with van der Waals surface area (Å²) in [5.74, 6) is 2.15. The van der Waals surface area contributed by atoms with Gasteiger partial charge in [0.1, 0.15) is 0 Å². The van der Waals surface area contributed by atoms with Gasteiger partial charge >= 0.3 is 0 Å². The van der Waals surface area contributed by atoms with Crippen molar-refractivity contribution < 1.29 is 18.9 Å². The molecule has 3 rings (SSSR count). The lowest BCUT2D eigenvalue weighted by atomic mass is 10.1. The van der Waals surface area contributed by atoms with E-state index in [1.54, 1.807) is 27.7 Å². The van der Waals surface area contributed by atoms with E-state index in [-0.39, 0.29) is 5.95 Å². The number of ether oxygens (including phenoxy) is 4. The summed E-state index contributed by atoms with van der Waals surface area (Å²) in [5.41, 5.74) is 7.80. The lowest BCUT2D eigenvalue weighted by Crippen LogP contribution is -2.04. The summed E-state index contributed by atoms with van der Waals surface area (Å²) in [6.45, 7) is 0.479. The molecule has 2 N–H and O–H groups in total. The number of nitrogen functional groups attached to an aromatic ring is 1. The molecule has 25 heavy (non-hydrogen) atoms. The first-order valence-corrected chi connectivity index (χ1v) is 7.42. The van der Waals surface area contributed by atoms with Crippen molar-refractivity contribution in [2.75, 3.05) is 34.2 Å². The minimum Gasteiger partial charge on any atom is -0.493 e. The Morgan fingerprint density at radius 1 is 0.960 bits per heavy atom. The molecule has 0 unspecified atom stereocenters. The number of imidazole rings is 1. The van der Waals surface area contributed by atoms with Gasteiger partial charge in [0.15, 0.2) is 22.7 Å². The number of nitrogens with zero attached hydrogens (tertiary/aromatic N) is 4. The first-order valence-electron chi connectivity index (χ1n) is 7.42. The molecule has 0 aliphatic carbocycles. The maximum Gasteiger partial charge on any atom is 0.246 e. The highest BCUT2D eigenvalue weighted by Gasteiger charge is 2.16. The van der Waals surface area contributed by atoms with Crippen molar-refractivity contribution in [1.29, 1.82) is 0 Å². The van der Waals surface area contributed by atoms with Crippen LogP contribution in [0.5, 0.6) is 23.1 Å². The first kappa shape index (κ1) is 16.6. The van der Waals surface area contributed by atoms with Crippen LogP contribution in [0.4, 0.5) is 5.95 Å². The molecule has 0 aliphatic heterocycles. The smallest absolute Gasteiger partial charge is 0.246 e. The number of fused-ring (bicyclic) bond motifs is 1. The molecule has 2 aromatic heterocycles. The monoisotopic (exact) mass is 345 g/mol. The predicted octanol–water partition coefficient (Wildman–Crippen LogP) is 1.49. The maximum absolute atomic E-state index is 5.75. The summed E-state index contributed by atoms with van der Waals surface area (Å²) in [6, 6.07) is 3.74. The number of benzene rings is 1. The minimum atomic E-state index is 0.121. The number of aromatic nitrogens is 4. The number of rotatable bonds is 6. The zero-order chi connectivity index (χ0) is 18.0. The van der Waals surface area contributed by atoms with Gasteiger partial charge < -0.3 is 29.2 Å². The van der Waals surface area contributed by atoms with Crippen molar-refractivity contribution >= 4 is 17.1 Å². The second-order valence-electron chi connectivity index (χ2n) is 5.17. The second-order valence-corrected chi connectivity index (χ2v) is 5.17. The fraction of sp³-hybridized carbons (Fsp3) is 0.312. The molecule has 0 fully saturated rings. The SMILES string of the molecule is COc1cc(Cn2cnc3c(OC)nc(N)nc32)cc(OC)c1OC. The van der Waals surface area contributed by atoms with Crippen molar-refractivity contribution in [3.05, 3.63) is 24.0 Å². The topological polar surface area (TPSA) is 107 Å². The van der Waals surface area contributed by atoms with Gasteiger partial charge in [-0.3, -0.25) is 0 Å². The van der Waals surface area contributed by atoms with E-state index in [4.69, 9.17) is 24.7 Å². The minimum absolute atomic E-state index is 0.121. The number of hydrogen-bond donors (Lipinski definition) is 1. The maximum atomic E-state index is 5.75. The fourth-order valence-electron chi connectivity index (χ4n) is 2.62. The zero-order valence-corrected chi connectivity index (χ0v) is 14.4. The number of methoxy groups -OCH3 is 4. The lowest BCUT2D eigenvalue weighted by Gasteiger charge is -2.14. The van der Waals surface area contributed by atoms with E-state index in [0.717, 1.165) is 5.56 Å². The highest BCUT2D eigenvalue weighted by atomic mass is 16.5. The van der Waals surface area contributed by atoms with Gasteiger partial charge in [-0.1, -0.05) is 0 Å². The summed E-state index contributed by atoms with van der Waals surface area (Å²) >= 11 is 0. The third-order valence-corrected chi connectivity index (χ3v) is 3.72. The molecule has 0 atom stereocenters. The summed E-state index contributed by atoms with van der Waals surface area (Å²) in [4.78, 5) is 12.6. The van der Waals surface area contributed by atoms with E-state index in [0.29, 0.717) is 40.8 Å². The molecule has 0 saturated heterocycles. The largest absolute Gasteiger partial charge is 0.493 e. The Hall–Kier alpha value is -3.23. The molecule has 1 aromatic carbocycles. The molecule has 0 saturated carbocycles. The van der Waals surface area contributed by atoms with Crippen LogP contribution in [0, 0.1) is 0 Å². The summed E-state index contributed by atoms with van der Waals surface area (Å²) < 4.78 is 23.2. The summed E-state index contributed by atoms with van der Waals surface area (Å²) in [7, 11) is 6.23. The second kappa shape index (κ2) is 6.71. The lowest BCUT2D eigenvalue weighted by molar-refractivity contribution is 0.323. The van der Waals surface area contributed by atoms with Crippen molar-refractivity contribution in [2.24, 2.45) is 0 Å². The molecule has 0 amide bonds. The summed E-state index contributed by atoms with van der Waals surface area (Å²) in [5, 5.41) is 0. The normalized spacial score (nSPS) is 10.7. The number of anilines is 1. The van der Waals surface area contributed by atoms with E-state index in [1.807, 2.05) is 16.7 Å². The molecular weight excluding hydrogens is 326 g/mol. The van der Waals surface area contributed by atoms with Gasteiger partial charge in [-0.05, 0) is 17.7 Å². The Balaban J connectivity index is 2.06. The molecule has 0 spiro atoms. The van der Waals surface area contributed by atoms with Crippen LogP contribution in [0.1, 0.15) is 5.56 Å². The van der Waals surface area contributed by atoms with Gasteiger partial charge in [0.05, 0.1) is 41.3 Å². The van der Waals surface area contributed by atoms with E-state index in [9.17, 15) is 0 Å². The average molecular weight is 345 g/mol. The van der Waals surface area contributed by atoms with E-state index in [1.165, 1.54) is 7.11 Å². The Kier molecular flexibility index (Phi) is 4.46. The average Bonchev–Trinajstić information content (AvgIpc) is 3.02. The van der Waals surface area contributed by atoms with Crippen LogP contribution < -0.4 is 24.7 Å². The molecule has 0 bridgehead atoms. The molecule has 132 valence electrons. The van der Waals surface area contributed by atoms with Crippen molar-refractivity contribution in [2.45, 2.75) is 6.54 Å². The third-order valence-electron chi connectivity index (χ3n) is 3.72. The van der Waals surface area contributed by atoms with Crippen LogP contribution in [-0.4, -0.2) is 48.0 Å². The molecule has 9 heteroatoms. The third kappa shape index (κ3) is 2.95. The number of hydrogen-bond acceptors (Lipinski definition) is 8. The van der Waals surface area contributed by atoms with E-state index < -0.39 is 0 Å². The number of nitrogens with two attached hydrogens (primary N) is 1. The van der Waals surface area contributed by atoms with Gasteiger partial charge in [-0.2, -0.15) is 9.97 Å². The Labute approximate surface area is 144 Å². The van der Waals surface area contributed by atoms with Gasteiger partial charge in [-0.15, -0.1) is 0 Å². The van der Waals surface area contributed by atoms with Crippen LogP contribution >= 0.6 is 0 Å².